The molecule has 1 amide bonds. The van der Waals surface area contributed by atoms with E-state index in [0.717, 1.165) is 6.26 Å². The van der Waals surface area contributed by atoms with Crippen molar-refractivity contribution in [2.45, 2.75) is 11.3 Å². The summed E-state index contributed by atoms with van der Waals surface area (Å²) in [6.07, 6.45) is 1.00. The maximum atomic E-state index is 12.1. The number of rotatable bonds is 6. The van der Waals surface area contributed by atoms with Crippen LogP contribution in [-0.2, 0) is 21.1 Å². The maximum Gasteiger partial charge on any atom is 0.322 e. The van der Waals surface area contributed by atoms with Crippen molar-refractivity contribution in [3.05, 3.63) is 64.2 Å². The van der Waals surface area contributed by atoms with E-state index in [2.05, 4.69) is 15.5 Å². The number of carbonyl (C=O) groups excluding carboxylic acids is 1. The number of hydrogen-bond donors (Lipinski definition) is 1. The third-order valence-corrected chi connectivity index (χ3v) is 4.86. The Kier molecular flexibility index (Phi) is 5.18. The molecule has 3 aromatic rings. The lowest BCUT2D eigenvalue weighted by atomic mass is 10.1. The molecule has 0 bridgehead atoms. The van der Waals surface area contributed by atoms with Crippen molar-refractivity contribution in [3.63, 3.8) is 0 Å². The molecule has 0 saturated heterocycles. The topological polar surface area (TPSA) is 145 Å². The Morgan fingerprint density at radius 1 is 1.14 bits per heavy atom. The monoisotopic (exact) mass is 402 g/mol. The van der Waals surface area contributed by atoms with E-state index < -0.39 is 20.7 Å². The molecular formula is C17H14N4O6S. The van der Waals surface area contributed by atoms with E-state index in [0.29, 0.717) is 5.56 Å². The number of carbonyl (C=O) groups is 1. The molecule has 2 aromatic carbocycles. The Morgan fingerprint density at radius 3 is 2.46 bits per heavy atom. The molecule has 28 heavy (non-hydrogen) atoms. The van der Waals surface area contributed by atoms with E-state index >= 15 is 0 Å². The second-order valence-corrected chi connectivity index (χ2v) is 7.81. The first-order valence-corrected chi connectivity index (χ1v) is 9.79. The fourth-order valence-corrected chi connectivity index (χ4v) is 3.31. The maximum absolute atomic E-state index is 12.1. The van der Waals surface area contributed by atoms with Crippen LogP contribution in [0.2, 0.25) is 0 Å². The van der Waals surface area contributed by atoms with E-state index in [1.807, 2.05) is 0 Å². The summed E-state index contributed by atoms with van der Waals surface area (Å²) in [4.78, 5) is 22.2. The predicted octanol–water partition coefficient (Wildman–Crippen LogP) is 2.23. The highest BCUT2D eigenvalue weighted by atomic mass is 32.2. The highest BCUT2D eigenvalue weighted by Crippen LogP contribution is 2.27. The summed E-state index contributed by atoms with van der Waals surface area (Å²) in [5, 5.41) is 20.5. The first-order chi connectivity index (χ1) is 13.2. The molecule has 0 unspecified atom stereocenters. The van der Waals surface area contributed by atoms with Gasteiger partial charge < -0.3 is 4.42 Å². The average molecular weight is 402 g/mol. The number of nitro benzene ring substituents is 1. The second kappa shape index (κ2) is 7.56. The molecule has 0 radical (unpaired) electrons. The molecule has 0 fully saturated rings. The second-order valence-electron chi connectivity index (χ2n) is 5.83. The highest BCUT2D eigenvalue weighted by Gasteiger charge is 2.19. The zero-order chi connectivity index (χ0) is 20.3. The molecular weight excluding hydrogens is 388 g/mol. The number of nitrogens with one attached hydrogen (secondary N) is 1. The van der Waals surface area contributed by atoms with Gasteiger partial charge in [-0.2, -0.15) is 0 Å². The molecule has 1 N–H and O–H groups in total. The van der Waals surface area contributed by atoms with Crippen LogP contribution < -0.4 is 5.32 Å². The lowest BCUT2D eigenvalue weighted by Crippen LogP contribution is -2.14. The van der Waals surface area contributed by atoms with Crippen molar-refractivity contribution in [2.24, 2.45) is 0 Å². The van der Waals surface area contributed by atoms with Gasteiger partial charge in [0, 0.05) is 18.4 Å². The van der Waals surface area contributed by atoms with Gasteiger partial charge in [-0.3, -0.25) is 20.2 Å². The molecule has 144 valence electrons. The van der Waals surface area contributed by atoms with Crippen LogP contribution in [0.4, 0.5) is 11.7 Å². The van der Waals surface area contributed by atoms with Crippen molar-refractivity contribution in [3.8, 4) is 11.5 Å². The number of anilines is 1. The Labute approximate surface area is 159 Å². The summed E-state index contributed by atoms with van der Waals surface area (Å²) in [6.45, 7) is 0. The Hall–Kier alpha value is -3.60. The van der Waals surface area contributed by atoms with Crippen LogP contribution in [-0.4, -0.2) is 35.7 Å². The fraction of sp³-hybridized carbons (Fsp3) is 0.118. The van der Waals surface area contributed by atoms with Crippen LogP contribution in [0, 0.1) is 10.1 Å². The fourth-order valence-electron chi connectivity index (χ4n) is 2.43. The van der Waals surface area contributed by atoms with Crippen molar-refractivity contribution in [1.82, 2.24) is 10.2 Å². The molecule has 11 heteroatoms. The van der Waals surface area contributed by atoms with Gasteiger partial charge in [-0.25, -0.2) is 8.42 Å². The van der Waals surface area contributed by atoms with E-state index in [1.54, 1.807) is 12.1 Å². The Bertz CT molecular complexity index is 1140. The van der Waals surface area contributed by atoms with E-state index in [1.165, 1.54) is 36.4 Å². The lowest BCUT2D eigenvalue weighted by Gasteiger charge is -2.03. The number of aromatic nitrogens is 2. The smallest absolute Gasteiger partial charge is 0.322 e. The quantitative estimate of drug-likeness (QED) is 0.488. The van der Waals surface area contributed by atoms with Gasteiger partial charge in [0.2, 0.25) is 5.91 Å². The van der Waals surface area contributed by atoms with Gasteiger partial charge >= 0.3 is 6.01 Å². The van der Waals surface area contributed by atoms with Gasteiger partial charge in [-0.15, -0.1) is 5.10 Å². The van der Waals surface area contributed by atoms with Crippen molar-refractivity contribution in [2.75, 3.05) is 11.6 Å². The van der Waals surface area contributed by atoms with Crippen LogP contribution in [0.5, 0.6) is 0 Å². The molecule has 0 aliphatic heterocycles. The van der Waals surface area contributed by atoms with Gasteiger partial charge in [0.15, 0.2) is 9.84 Å². The zero-order valence-electron chi connectivity index (χ0n) is 14.5. The first kappa shape index (κ1) is 19.2. The van der Waals surface area contributed by atoms with Crippen LogP contribution in [0.15, 0.2) is 57.8 Å². The summed E-state index contributed by atoms with van der Waals surface area (Å²) >= 11 is 0. The number of nitrogens with zero attached hydrogens (tertiary/aromatic N) is 3. The Morgan fingerprint density at radius 2 is 1.82 bits per heavy atom. The number of amides is 1. The van der Waals surface area contributed by atoms with Crippen LogP contribution >= 0.6 is 0 Å². The number of hydrogen-bond acceptors (Lipinski definition) is 8. The summed E-state index contributed by atoms with van der Waals surface area (Å²) in [6, 6.07) is 11.5. The van der Waals surface area contributed by atoms with Crippen LogP contribution in [0.25, 0.3) is 11.5 Å². The van der Waals surface area contributed by atoms with Gasteiger partial charge in [0.25, 0.3) is 11.6 Å². The summed E-state index contributed by atoms with van der Waals surface area (Å²) < 4.78 is 29.1. The minimum atomic E-state index is -3.51. The summed E-state index contributed by atoms with van der Waals surface area (Å²) in [5.74, 6) is -0.521. The predicted molar refractivity (Wildman–Crippen MR) is 98.3 cm³/mol. The number of sulfone groups is 1. The molecule has 0 saturated carbocycles. The van der Waals surface area contributed by atoms with Crippen molar-refractivity contribution >= 4 is 27.4 Å². The van der Waals surface area contributed by atoms with Gasteiger partial charge in [0.05, 0.1) is 21.8 Å². The Balaban J connectivity index is 1.73. The van der Waals surface area contributed by atoms with E-state index in [4.69, 9.17) is 4.42 Å². The SMILES string of the molecule is CS(=O)(=O)c1ccccc1-c1nnc(NC(=O)Cc2ccc([N+](=O)[O-])cc2)o1. The molecule has 0 atom stereocenters. The minimum Gasteiger partial charge on any atom is -0.403 e. The molecule has 0 aliphatic rings. The number of non-ortho nitro benzene ring substituents is 1. The largest absolute Gasteiger partial charge is 0.403 e. The van der Waals surface area contributed by atoms with Crippen LogP contribution in [0.1, 0.15) is 5.56 Å². The number of nitro groups is 1. The summed E-state index contributed by atoms with van der Waals surface area (Å²) in [5.41, 5.74) is 0.717. The van der Waals surface area contributed by atoms with Gasteiger partial charge in [-0.1, -0.05) is 29.4 Å². The molecule has 3 rings (SSSR count). The molecule has 1 heterocycles. The normalized spacial score (nSPS) is 11.2. The van der Waals surface area contributed by atoms with Gasteiger partial charge in [0.1, 0.15) is 0 Å². The molecule has 1 aromatic heterocycles. The molecule has 0 aliphatic carbocycles. The van der Waals surface area contributed by atoms with E-state index in [-0.39, 0.29) is 34.5 Å². The van der Waals surface area contributed by atoms with Gasteiger partial charge in [-0.05, 0) is 17.7 Å². The average Bonchev–Trinajstić information content (AvgIpc) is 3.09. The van der Waals surface area contributed by atoms with Crippen LogP contribution in [0.3, 0.4) is 0 Å². The van der Waals surface area contributed by atoms with E-state index in [9.17, 15) is 23.3 Å². The number of benzene rings is 2. The standard InChI is InChI=1S/C17H14N4O6S/c1-28(25,26)14-5-3-2-4-13(14)16-19-20-17(27-16)18-15(22)10-11-6-8-12(9-7-11)21(23)24/h2-9H,10H2,1H3,(H,18,20,22). The molecule has 0 spiro atoms. The van der Waals surface area contributed by atoms with Crippen molar-refractivity contribution in [1.29, 1.82) is 0 Å². The van der Waals surface area contributed by atoms with Crippen molar-refractivity contribution < 1.29 is 22.6 Å². The minimum absolute atomic E-state index is 0.0300. The summed E-state index contributed by atoms with van der Waals surface area (Å²) in [7, 11) is -3.51. The highest BCUT2D eigenvalue weighted by molar-refractivity contribution is 7.90. The first-order valence-electron chi connectivity index (χ1n) is 7.90. The molecule has 10 nitrogen and oxygen atoms in total. The third kappa shape index (κ3) is 4.38. The zero-order valence-corrected chi connectivity index (χ0v) is 15.3. The lowest BCUT2D eigenvalue weighted by molar-refractivity contribution is -0.384. The third-order valence-electron chi connectivity index (χ3n) is 3.70.